The molecule has 5 nitrogen and oxygen atoms in total. The minimum Gasteiger partial charge on any atom is -0.455 e. The van der Waals surface area contributed by atoms with Gasteiger partial charge in [0.25, 0.3) is 0 Å². The summed E-state index contributed by atoms with van der Waals surface area (Å²) in [5.41, 5.74) is 0.310. The summed E-state index contributed by atoms with van der Waals surface area (Å²) >= 11 is 0. The highest BCUT2D eigenvalue weighted by atomic mass is 16.6. The maximum atomic E-state index is 8.55. The number of hydrogen-bond acceptors (Lipinski definition) is 5. The highest BCUT2D eigenvalue weighted by Crippen LogP contribution is 2.10. The predicted molar refractivity (Wildman–Crippen MR) is 42.0 cm³/mol. The largest absolute Gasteiger partial charge is 0.455 e. The Hall–Kier alpha value is -1.67. The van der Waals surface area contributed by atoms with Crippen molar-refractivity contribution in [1.29, 1.82) is 5.26 Å². The van der Waals surface area contributed by atoms with Crippen LogP contribution in [0.3, 0.4) is 0 Å². The van der Waals surface area contributed by atoms with Crippen LogP contribution in [0, 0.1) is 11.3 Å². The quantitative estimate of drug-likeness (QED) is 0.642. The van der Waals surface area contributed by atoms with Crippen molar-refractivity contribution < 1.29 is 9.47 Å². The molecule has 66 valence electrons. The topological polar surface area (TPSA) is 68.0 Å². The van der Waals surface area contributed by atoms with E-state index in [0.717, 1.165) is 0 Å². The molecular formula is C8H7N3O2. The van der Waals surface area contributed by atoms with Gasteiger partial charge in [-0.3, -0.25) is 0 Å². The molecule has 0 saturated carbocycles. The molecule has 1 fully saturated rings. The lowest BCUT2D eigenvalue weighted by Gasteiger charge is -2.25. The van der Waals surface area contributed by atoms with Crippen LogP contribution in [0.15, 0.2) is 12.3 Å². The Balaban J connectivity index is 2.07. The molecule has 0 radical (unpaired) electrons. The fraction of sp³-hybridized carbons (Fsp3) is 0.375. The molecule has 0 bridgehead atoms. The van der Waals surface area contributed by atoms with E-state index in [1.165, 1.54) is 12.3 Å². The Kier molecular flexibility index (Phi) is 2.06. The SMILES string of the molecule is N#Cc1ccnc(OC2COC2)n1. The Morgan fingerprint density at radius 3 is 3.08 bits per heavy atom. The first-order valence-corrected chi connectivity index (χ1v) is 3.86. The second kappa shape index (κ2) is 3.37. The van der Waals surface area contributed by atoms with Gasteiger partial charge < -0.3 is 9.47 Å². The van der Waals surface area contributed by atoms with Gasteiger partial charge in [0.15, 0.2) is 0 Å². The molecular weight excluding hydrogens is 170 g/mol. The van der Waals surface area contributed by atoms with Crippen molar-refractivity contribution in [2.75, 3.05) is 13.2 Å². The van der Waals surface area contributed by atoms with Gasteiger partial charge in [0.2, 0.25) is 0 Å². The molecule has 1 aliphatic heterocycles. The lowest BCUT2D eigenvalue weighted by atomic mass is 10.3. The zero-order valence-corrected chi connectivity index (χ0v) is 6.80. The molecule has 0 aliphatic carbocycles. The van der Waals surface area contributed by atoms with Gasteiger partial charge in [0, 0.05) is 6.20 Å². The van der Waals surface area contributed by atoms with E-state index in [1.54, 1.807) is 0 Å². The van der Waals surface area contributed by atoms with Crippen molar-refractivity contribution in [3.8, 4) is 12.1 Å². The number of aromatic nitrogens is 2. The van der Waals surface area contributed by atoms with E-state index in [2.05, 4.69) is 9.97 Å². The van der Waals surface area contributed by atoms with Crippen LogP contribution >= 0.6 is 0 Å². The van der Waals surface area contributed by atoms with E-state index in [0.29, 0.717) is 18.9 Å². The van der Waals surface area contributed by atoms with Gasteiger partial charge in [-0.1, -0.05) is 0 Å². The summed E-state index contributed by atoms with van der Waals surface area (Å²) in [7, 11) is 0. The van der Waals surface area contributed by atoms with Crippen molar-refractivity contribution in [3.63, 3.8) is 0 Å². The van der Waals surface area contributed by atoms with Crippen molar-refractivity contribution in [2.24, 2.45) is 0 Å². The molecule has 5 heteroatoms. The fourth-order valence-electron chi connectivity index (χ4n) is 0.891. The molecule has 2 rings (SSSR count). The molecule has 13 heavy (non-hydrogen) atoms. The van der Waals surface area contributed by atoms with E-state index in [9.17, 15) is 0 Å². The van der Waals surface area contributed by atoms with Gasteiger partial charge in [0.05, 0.1) is 13.2 Å². The van der Waals surface area contributed by atoms with Crippen LogP contribution in [0.2, 0.25) is 0 Å². The van der Waals surface area contributed by atoms with Crippen LogP contribution in [-0.2, 0) is 4.74 Å². The summed E-state index contributed by atoms with van der Waals surface area (Å²) < 4.78 is 10.2. The van der Waals surface area contributed by atoms with E-state index in [-0.39, 0.29) is 12.1 Å². The zero-order valence-electron chi connectivity index (χ0n) is 6.80. The fourth-order valence-corrected chi connectivity index (χ4v) is 0.891. The average molecular weight is 177 g/mol. The van der Waals surface area contributed by atoms with Crippen molar-refractivity contribution in [2.45, 2.75) is 6.10 Å². The number of ether oxygens (including phenoxy) is 2. The van der Waals surface area contributed by atoms with E-state index < -0.39 is 0 Å². The van der Waals surface area contributed by atoms with Crippen LogP contribution < -0.4 is 4.74 Å². The Morgan fingerprint density at radius 1 is 1.62 bits per heavy atom. The Bertz CT molecular complexity index is 343. The molecule has 0 unspecified atom stereocenters. The summed E-state index contributed by atoms with van der Waals surface area (Å²) in [6.45, 7) is 1.14. The van der Waals surface area contributed by atoms with E-state index in [4.69, 9.17) is 14.7 Å². The normalized spacial score (nSPS) is 15.9. The first kappa shape index (κ1) is 7.95. The van der Waals surface area contributed by atoms with Crippen molar-refractivity contribution >= 4 is 0 Å². The van der Waals surface area contributed by atoms with Gasteiger partial charge in [-0.2, -0.15) is 10.2 Å². The second-order valence-electron chi connectivity index (χ2n) is 2.61. The minimum absolute atomic E-state index is 0.0361. The summed E-state index contributed by atoms with van der Waals surface area (Å²) in [5.74, 6) is 0. The van der Waals surface area contributed by atoms with Crippen LogP contribution in [0.25, 0.3) is 0 Å². The van der Waals surface area contributed by atoms with E-state index in [1.807, 2.05) is 6.07 Å². The standard InChI is InChI=1S/C8H7N3O2/c9-3-6-1-2-10-8(11-6)13-7-4-12-5-7/h1-2,7H,4-5H2. The maximum absolute atomic E-state index is 8.55. The second-order valence-corrected chi connectivity index (χ2v) is 2.61. The third-order valence-corrected chi connectivity index (χ3v) is 1.63. The first-order chi connectivity index (χ1) is 6.38. The van der Waals surface area contributed by atoms with Crippen molar-refractivity contribution in [3.05, 3.63) is 18.0 Å². The smallest absolute Gasteiger partial charge is 0.318 e. The lowest BCUT2D eigenvalue weighted by molar-refractivity contribution is -0.0831. The van der Waals surface area contributed by atoms with Crippen LogP contribution in [0.5, 0.6) is 6.01 Å². The number of rotatable bonds is 2. The average Bonchev–Trinajstić information content (AvgIpc) is 2.12. The molecule has 1 aromatic rings. The molecule has 0 atom stereocenters. The highest BCUT2D eigenvalue weighted by Gasteiger charge is 2.21. The molecule has 0 N–H and O–H groups in total. The predicted octanol–water partition coefficient (Wildman–Crippen LogP) is 0.126. The highest BCUT2D eigenvalue weighted by molar-refractivity contribution is 5.19. The Morgan fingerprint density at radius 2 is 2.46 bits per heavy atom. The van der Waals surface area contributed by atoms with Gasteiger partial charge in [0.1, 0.15) is 17.9 Å². The molecule has 1 saturated heterocycles. The summed E-state index contributed by atoms with van der Waals surface area (Å²) in [5, 5.41) is 8.55. The minimum atomic E-state index is 0.0361. The van der Waals surface area contributed by atoms with E-state index >= 15 is 0 Å². The van der Waals surface area contributed by atoms with Crippen LogP contribution in [0.4, 0.5) is 0 Å². The number of nitriles is 1. The molecule has 0 spiro atoms. The summed E-state index contributed by atoms with van der Waals surface area (Å²) in [6, 6.07) is 3.69. The monoisotopic (exact) mass is 177 g/mol. The molecule has 0 aromatic carbocycles. The number of nitrogens with zero attached hydrogens (tertiary/aromatic N) is 3. The molecule has 2 heterocycles. The first-order valence-electron chi connectivity index (χ1n) is 3.86. The molecule has 1 aliphatic rings. The summed E-state index contributed by atoms with van der Waals surface area (Å²) in [6.07, 6.45) is 1.54. The molecule has 0 amide bonds. The third-order valence-electron chi connectivity index (χ3n) is 1.63. The molecule has 1 aromatic heterocycles. The van der Waals surface area contributed by atoms with Gasteiger partial charge in [-0.15, -0.1) is 0 Å². The Labute approximate surface area is 74.9 Å². The lowest BCUT2D eigenvalue weighted by Crippen LogP contribution is -2.39. The van der Waals surface area contributed by atoms with Crippen molar-refractivity contribution in [1.82, 2.24) is 9.97 Å². The van der Waals surface area contributed by atoms with Gasteiger partial charge >= 0.3 is 6.01 Å². The van der Waals surface area contributed by atoms with Crippen LogP contribution in [0.1, 0.15) is 5.69 Å². The number of hydrogen-bond donors (Lipinski definition) is 0. The summed E-state index contributed by atoms with van der Waals surface area (Å²) in [4.78, 5) is 7.73. The van der Waals surface area contributed by atoms with Gasteiger partial charge in [-0.05, 0) is 6.07 Å². The zero-order chi connectivity index (χ0) is 9.10. The third kappa shape index (κ3) is 1.73. The van der Waals surface area contributed by atoms with Gasteiger partial charge in [-0.25, -0.2) is 4.98 Å². The maximum Gasteiger partial charge on any atom is 0.318 e. The van der Waals surface area contributed by atoms with Crippen LogP contribution in [-0.4, -0.2) is 29.3 Å².